The molecule has 1 rings (SSSR count). The van der Waals surface area contributed by atoms with Crippen LogP contribution in [-0.2, 0) is 4.74 Å². The highest BCUT2D eigenvalue weighted by molar-refractivity contribution is 4.72. The molecule has 1 unspecified atom stereocenters. The summed E-state index contributed by atoms with van der Waals surface area (Å²) in [4.78, 5) is 0. The first-order valence-electron chi connectivity index (χ1n) is 6.96. The molecule has 0 aromatic heterocycles. The molecule has 16 heavy (non-hydrogen) atoms. The maximum Gasteiger partial charge on any atom is 0.0590 e. The summed E-state index contributed by atoms with van der Waals surface area (Å²) in [6.07, 6.45) is 8.21. The van der Waals surface area contributed by atoms with Crippen LogP contribution in [0.15, 0.2) is 0 Å². The molecule has 2 heteroatoms. The molecule has 0 aromatic carbocycles. The SMILES string of the molecule is CC(C)CCOCCC(O)C1CCCCC1. The normalized spacial score (nSPS) is 20.2. The summed E-state index contributed by atoms with van der Waals surface area (Å²) in [5.41, 5.74) is 0. The molecule has 1 aliphatic carbocycles. The lowest BCUT2D eigenvalue weighted by Crippen LogP contribution is -2.24. The quantitative estimate of drug-likeness (QED) is 0.677. The number of hydrogen-bond acceptors (Lipinski definition) is 2. The summed E-state index contributed by atoms with van der Waals surface area (Å²) in [7, 11) is 0. The van der Waals surface area contributed by atoms with Crippen molar-refractivity contribution in [1.82, 2.24) is 0 Å². The third-order valence-electron chi connectivity index (χ3n) is 3.59. The van der Waals surface area contributed by atoms with Gasteiger partial charge in [0.1, 0.15) is 0 Å². The largest absolute Gasteiger partial charge is 0.393 e. The molecule has 1 aliphatic rings. The molecule has 1 saturated carbocycles. The number of ether oxygens (including phenoxy) is 1. The fourth-order valence-corrected chi connectivity index (χ4v) is 2.38. The van der Waals surface area contributed by atoms with Gasteiger partial charge < -0.3 is 9.84 Å². The first-order valence-corrected chi connectivity index (χ1v) is 6.96. The van der Waals surface area contributed by atoms with E-state index in [4.69, 9.17) is 4.74 Å². The second-order valence-electron chi connectivity index (χ2n) is 5.55. The van der Waals surface area contributed by atoms with E-state index in [9.17, 15) is 5.11 Å². The number of hydrogen-bond donors (Lipinski definition) is 1. The van der Waals surface area contributed by atoms with Crippen LogP contribution in [0.4, 0.5) is 0 Å². The minimum atomic E-state index is -0.126. The molecule has 96 valence electrons. The van der Waals surface area contributed by atoms with E-state index >= 15 is 0 Å². The summed E-state index contributed by atoms with van der Waals surface area (Å²) in [6.45, 7) is 5.99. The maximum absolute atomic E-state index is 10.0. The van der Waals surface area contributed by atoms with Crippen LogP contribution in [0.1, 0.15) is 58.8 Å². The minimum absolute atomic E-state index is 0.126. The van der Waals surface area contributed by atoms with Gasteiger partial charge in [0.2, 0.25) is 0 Å². The van der Waals surface area contributed by atoms with Gasteiger partial charge in [0, 0.05) is 13.2 Å². The van der Waals surface area contributed by atoms with E-state index < -0.39 is 0 Å². The van der Waals surface area contributed by atoms with Crippen molar-refractivity contribution in [2.24, 2.45) is 11.8 Å². The highest BCUT2D eigenvalue weighted by atomic mass is 16.5. The van der Waals surface area contributed by atoms with Crippen molar-refractivity contribution in [3.05, 3.63) is 0 Å². The molecular weight excluding hydrogens is 200 g/mol. The van der Waals surface area contributed by atoms with E-state index in [-0.39, 0.29) is 6.10 Å². The Morgan fingerprint density at radius 1 is 1.06 bits per heavy atom. The van der Waals surface area contributed by atoms with Crippen LogP contribution < -0.4 is 0 Å². The first kappa shape index (κ1) is 14.0. The zero-order valence-corrected chi connectivity index (χ0v) is 11.0. The lowest BCUT2D eigenvalue weighted by Gasteiger charge is -2.26. The summed E-state index contributed by atoms with van der Waals surface area (Å²) >= 11 is 0. The molecule has 1 atom stereocenters. The van der Waals surface area contributed by atoms with Gasteiger partial charge in [-0.05, 0) is 37.5 Å². The second-order valence-corrected chi connectivity index (χ2v) is 5.55. The Morgan fingerprint density at radius 3 is 2.31 bits per heavy atom. The van der Waals surface area contributed by atoms with Gasteiger partial charge in [-0.25, -0.2) is 0 Å². The van der Waals surface area contributed by atoms with Gasteiger partial charge >= 0.3 is 0 Å². The van der Waals surface area contributed by atoms with E-state index in [1.54, 1.807) is 0 Å². The average molecular weight is 228 g/mol. The van der Waals surface area contributed by atoms with Crippen LogP contribution in [0.25, 0.3) is 0 Å². The van der Waals surface area contributed by atoms with Gasteiger partial charge in [0.05, 0.1) is 6.10 Å². The van der Waals surface area contributed by atoms with Crippen molar-refractivity contribution in [1.29, 1.82) is 0 Å². The van der Waals surface area contributed by atoms with Gasteiger partial charge in [-0.15, -0.1) is 0 Å². The van der Waals surface area contributed by atoms with Gasteiger partial charge in [0.15, 0.2) is 0 Å². The highest BCUT2D eigenvalue weighted by Crippen LogP contribution is 2.27. The second kappa shape index (κ2) is 8.08. The summed E-state index contributed by atoms with van der Waals surface area (Å²) in [5.74, 6) is 1.26. The highest BCUT2D eigenvalue weighted by Gasteiger charge is 2.21. The summed E-state index contributed by atoms with van der Waals surface area (Å²) in [5, 5.41) is 10.0. The lowest BCUT2D eigenvalue weighted by atomic mass is 9.84. The Hall–Kier alpha value is -0.0800. The Bertz CT molecular complexity index is 162. The molecule has 0 amide bonds. The zero-order chi connectivity index (χ0) is 11.8. The molecule has 2 nitrogen and oxygen atoms in total. The van der Waals surface area contributed by atoms with Crippen molar-refractivity contribution in [3.8, 4) is 0 Å². The van der Waals surface area contributed by atoms with Gasteiger partial charge in [-0.1, -0.05) is 33.1 Å². The third kappa shape index (κ3) is 5.86. The predicted molar refractivity (Wildman–Crippen MR) is 67.5 cm³/mol. The van der Waals surface area contributed by atoms with Crippen molar-refractivity contribution < 1.29 is 9.84 Å². The zero-order valence-electron chi connectivity index (χ0n) is 11.0. The van der Waals surface area contributed by atoms with Crippen molar-refractivity contribution >= 4 is 0 Å². The van der Waals surface area contributed by atoms with Crippen LogP contribution in [0, 0.1) is 11.8 Å². The molecule has 1 N–H and O–H groups in total. The van der Waals surface area contributed by atoms with Crippen molar-refractivity contribution in [2.75, 3.05) is 13.2 Å². The topological polar surface area (TPSA) is 29.5 Å². The molecule has 0 aliphatic heterocycles. The van der Waals surface area contributed by atoms with E-state index in [1.165, 1.54) is 32.1 Å². The molecule has 0 saturated heterocycles. The van der Waals surface area contributed by atoms with E-state index in [0.717, 1.165) is 26.1 Å². The number of rotatable bonds is 7. The van der Waals surface area contributed by atoms with Crippen molar-refractivity contribution in [3.63, 3.8) is 0 Å². The Labute approximate surface area is 100 Å². The first-order chi connectivity index (χ1) is 7.70. The Morgan fingerprint density at radius 2 is 1.69 bits per heavy atom. The average Bonchev–Trinajstić information content (AvgIpc) is 2.29. The van der Waals surface area contributed by atoms with Crippen LogP contribution >= 0.6 is 0 Å². The summed E-state index contributed by atoms with van der Waals surface area (Å²) < 4.78 is 5.55. The van der Waals surface area contributed by atoms with E-state index in [0.29, 0.717) is 11.8 Å². The monoisotopic (exact) mass is 228 g/mol. The maximum atomic E-state index is 10.0. The smallest absolute Gasteiger partial charge is 0.0590 e. The van der Waals surface area contributed by atoms with E-state index in [2.05, 4.69) is 13.8 Å². The fourth-order valence-electron chi connectivity index (χ4n) is 2.38. The van der Waals surface area contributed by atoms with Gasteiger partial charge in [-0.3, -0.25) is 0 Å². The molecule has 0 aromatic rings. The molecule has 1 fully saturated rings. The fraction of sp³-hybridized carbons (Fsp3) is 1.00. The summed E-state index contributed by atoms with van der Waals surface area (Å²) in [6, 6.07) is 0. The van der Waals surface area contributed by atoms with Crippen LogP contribution in [0.2, 0.25) is 0 Å². The predicted octanol–water partition coefficient (Wildman–Crippen LogP) is 3.38. The Balaban J connectivity index is 1.98. The number of aliphatic hydroxyl groups is 1. The molecule has 0 spiro atoms. The van der Waals surface area contributed by atoms with Crippen molar-refractivity contribution in [2.45, 2.75) is 64.9 Å². The van der Waals surface area contributed by atoms with Crippen LogP contribution in [-0.4, -0.2) is 24.4 Å². The molecule has 0 bridgehead atoms. The third-order valence-corrected chi connectivity index (χ3v) is 3.59. The van der Waals surface area contributed by atoms with E-state index in [1.807, 2.05) is 0 Å². The molecule has 0 heterocycles. The number of aliphatic hydroxyl groups excluding tert-OH is 1. The van der Waals surface area contributed by atoms with Crippen LogP contribution in [0.3, 0.4) is 0 Å². The van der Waals surface area contributed by atoms with Gasteiger partial charge in [-0.2, -0.15) is 0 Å². The minimum Gasteiger partial charge on any atom is -0.393 e. The standard InChI is InChI=1S/C14H28O2/c1-12(2)8-10-16-11-9-14(15)13-6-4-3-5-7-13/h12-15H,3-11H2,1-2H3. The van der Waals surface area contributed by atoms with Gasteiger partial charge in [0.25, 0.3) is 0 Å². The molecule has 0 radical (unpaired) electrons. The Kier molecular flexibility index (Phi) is 7.06. The molecular formula is C14H28O2. The van der Waals surface area contributed by atoms with Crippen LogP contribution in [0.5, 0.6) is 0 Å². The lowest BCUT2D eigenvalue weighted by molar-refractivity contribution is 0.0366.